The number of rotatable bonds is 8. The van der Waals surface area contributed by atoms with Crippen molar-refractivity contribution in [3.8, 4) is 5.75 Å². The van der Waals surface area contributed by atoms with Gasteiger partial charge in [0.2, 0.25) is 0 Å². The molecule has 0 N–H and O–H groups in total. The molecule has 5 nitrogen and oxygen atoms in total. The number of halogens is 3. The molecule has 0 spiro atoms. The smallest absolute Gasteiger partial charge is 0.311 e. The topological polar surface area (TPSA) is 61.8 Å². The van der Waals surface area contributed by atoms with Crippen LogP contribution in [0.1, 0.15) is 19.8 Å². The van der Waals surface area contributed by atoms with Crippen molar-refractivity contribution < 1.29 is 23.8 Å². The zero-order valence-electron chi connectivity index (χ0n) is 11.9. The van der Waals surface area contributed by atoms with Crippen molar-refractivity contribution in [1.29, 1.82) is 0 Å². The predicted molar refractivity (Wildman–Crippen MR) is 83.8 cm³/mol. The highest BCUT2D eigenvalue weighted by atomic mass is 35.5. The third-order valence-electron chi connectivity index (χ3n) is 2.41. The van der Waals surface area contributed by atoms with Gasteiger partial charge in [-0.1, -0.05) is 34.8 Å². The molecule has 0 aliphatic heterocycles. The van der Waals surface area contributed by atoms with Gasteiger partial charge >= 0.3 is 11.9 Å². The van der Waals surface area contributed by atoms with Crippen LogP contribution in [0.25, 0.3) is 0 Å². The van der Waals surface area contributed by atoms with E-state index in [0.717, 1.165) is 0 Å². The van der Waals surface area contributed by atoms with Gasteiger partial charge in [-0.2, -0.15) is 0 Å². The van der Waals surface area contributed by atoms with Crippen LogP contribution in [0.2, 0.25) is 15.1 Å². The number of carbonyl (C=O) groups excluding carboxylic acids is 2. The Morgan fingerprint density at radius 1 is 1.00 bits per heavy atom. The number of carbonyl (C=O) groups is 2. The summed E-state index contributed by atoms with van der Waals surface area (Å²) in [4.78, 5) is 23.1. The van der Waals surface area contributed by atoms with Gasteiger partial charge in [-0.15, -0.1) is 0 Å². The van der Waals surface area contributed by atoms with Crippen LogP contribution in [-0.4, -0.2) is 31.8 Å². The van der Waals surface area contributed by atoms with Crippen LogP contribution in [0.3, 0.4) is 0 Å². The average molecular weight is 370 g/mol. The quantitative estimate of drug-likeness (QED) is 0.395. The maximum atomic E-state index is 11.7. The first-order chi connectivity index (χ1) is 10.4. The SMILES string of the molecule is CCOCCOC(=O)CCC(=O)Oc1c(Cl)cc(Cl)cc1Cl. The predicted octanol–water partition coefficient (Wildman–Crippen LogP) is 3.91. The first kappa shape index (κ1) is 19.0. The van der Waals surface area contributed by atoms with Gasteiger partial charge in [0.05, 0.1) is 29.5 Å². The van der Waals surface area contributed by atoms with Gasteiger partial charge in [-0.3, -0.25) is 9.59 Å². The van der Waals surface area contributed by atoms with E-state index < -0.39 is 11.9 Å². The van der Waals surface area contributed by atoms with Crippen molar-refractivity contribution in [2.75, 3.05) is 19.8 Å². The van der Waals surface area contributed by atoms with Crippen molar-refractivity contribution in [2.45, 2.75) is 19.8 Å². The number of esters is 2. The summed E-state index contributed by atoms with van der Waals surface area (Å²) in [6.07, 6.45) is -0.253. The summed E-state index contributed by atoms with van der Waals surface area (Å²) in [5.74, 6) is -1.14. The Bertz CT molecular complexity index is 510. The maximum absolute atomic E-state index is 11.7. The minimum atomic E-state index is -0.645. The van der Waals surface area contributed by atoms with Crippen LogP contribution in [0.5, 0.6) is 5.75 Å². The fourth-order valence-corrected chi connectivity index (χ4v) is 2.32. The zero-order valence-corrected chi connectivity index (χ0v) is 14.1. The van der Waals surface area contributed by atoms with Crippen molar-refractivity contribution in [2.24, 2.45) is 0 Å². The number of hydrogen-bond donors (Lipinski definition) is 0. The lowest BCUT2D eigenvalue weighted by Crippen LogP contribution is -2.14. The highest BCUT2D eigenvalue weighted by Crippen LogP contribution is 2.36. The summed E-state index contributed by atoms with van der Waals surface area (Å²) in [5.41, 5.74) is 0. The lowest BCUT2D eigenvalue weighted by atomic mass is 10.3. The van der Waals surface area contributed by atoms with Crippen LogP contribution in [0, 0.1) is 0 Å². The molecule has 0 heterocycles. The Balaban J connectivity index is 2.39. The molecule has 0 radical (unpaired) electrons. The molecule has 0 atom stereocenters. The van der Waals surface area contributed by atoms with Crippen LogP contribution in [0.15, 0.2) is 12.1 Å². The van der Waals surface area contributed by atoms with E-state index in [2.05, 4.69) is 0 Å². The van der Waals surface area contributed by atoms with Gasteiger partial charge in [0.25, 0.3) is 0 Å². The molecule has 1 aromatic rings. The molecule has 1 aromatic carbocycles. The highest BCUT2D eigenvalue weighted by Gasteiger charge is 2.15. The van der Waals surface area contributed by atoms with Gasteiger partial charge in [0, 0.05) is 11.6 Å². The molecule has 0 aromatic heterocycles. The Morgan fingerprint density at radius 2 is 1.59 bits per heavy atom. The Hall–Kier alpha value is -1.01. The van der Waals surface area contributed by atoms with E-state index in [4.69, 9.17) is 49.0 Å². The normalized spacial score (nSPS) is 10.4. The molecule has 0 saturated carbocycles. The van der Waals surface area contributed by atoms with E-state index in [0.29, 0.717) is 18.2 Å². The van der Waals surface area contributed by atoms with Crippen molar-refractivity contribution >= 4 is 46.7 Å². The van der Waals surface area contributed by atoms with Crippen LogP contribution >= 0.6 is 34.8 Å². The number of ether oxygens (including phenoxy) is 3. The Kier molecular flexibility index (Phi) is 8.56. The molecule has 0 aliphatic carbocycles. The maximum Gasteiger partial charge on any atom is 0.311 e. The third kappa shape index (κ3) is 6.83. The van der Waals surface area contributed by atoms with E-state index in [-0.39, 0.29) is 35.2 Å². The van der Waals surface area contributed by atoms with Gasteiger partial charge < -0.3 is 14.2 Å². The first-order valence-corrected chi connectivity index (χ1v) is 7.66. The summed E-state index contributed by atoms with van der Waals surface area (Å²) in [7, 11) is 0. The van der Waals surface area contributed by atoms with Crippen LogP contribution < -0.4 is 4.74 Å². The monoisotopic (exact) mass is 368 g/mol. The van der Waals surface area contributed by atoms with Crippen LogP contribution in [-0.2, 0) is 19.1 Å². The average Bonchev–Trinajstić information content (AvgIpc) is 2.45. The van der Waals surface area contributed by atoms with Crippen molar-refractivity contribution in [3.63, 3.8) is 0 Å². The second kappa shape index (κ2) is 9.90. The molecule has 0 bridgehead atoms. The van der Waals surface area contributed by atoms with Crippen LogP contribution in [0.4, 0.5) is 0 Å². The van der Waals surface area contributed by atoms with Crippen molar-refractivity contribution in [3.05, 3.63) is 27.2 Å². The Morgan fingerprint density at radius 3 is 2.18 bits per heavy atom. The zero-order chi connectivity index (χ0) is 16.5. The van der Waals surface area contributed by atoms with E-state index in [1.807, 2.05) is 6.92 Å². The molecule has 1 rings (SSSR count). The molecular formula is C14H15Cl3O5. The first-order valence-electron chi connectivity index (χ1n) is 6.52. The van der Waals surface area contributed by atoms with Gasteiger partial charge in [-0.05, 0) is 19.1 Å². The minimum absolute atomic E-state index is 0.0162. The molecular weight excluding hydrogens is 355 g/mol. The lowest BCUT2D eigenvalue weighted by molar-refractivity contribution is -0.148. The molecule has 0 aliphatic rings. The van der Waals surface area contributed by atoms with Gasteiger partial charge in [0.1, 0.15) is 6.61 Å². The molecule has 0 unspecified atom stereocenters. The summed E-state index contributed by atoms with van der Waals surface area (Å²) >= 11 is 17.5. The molecule has 0 amide bonds. The molecule has 122 valence electrons. The van der Waals surface area contributed by atoms with E-state index in [1.54, 1.807) is 0 Å². The van der Waals surface area contributed by atoms with E-state index in [1.165, 1.54) is 12.1 Å². The second-order valence-corrected chi connectivity index (χ2v) is 5.34. The van der Waals surface area contributed by atoms with Crippen molar-refractivity contribution in [1.82, 2.24) is 0 Å². The third-order valence-corrected chi connectivity index (χ3v) is 3.19. The van der Waals surface area contributed by atoms with Gasteiger partial charge in [0.15, 0.2) is 5.75 Å². The van der Waals surface area contributed by atoms with Gasteiger partial charge in [-0.25, -0.2) is 0 Å². The fraction of sp³-hybridized carbons (Fsp3) is 0.429. The summed E-state index contributed by atoms with van der Waals surface area (Å²) < 4.78 is 14.9. The molecule has 8 heteroatoms. The largest absolute Gasteiger partial charge is 0.463 e. The summed E-state index contributed by atoms with van der Waals surface area (Å²) in [6.45, 7) is 2.86. The lowest BCUT2D eigenvalue weighted by Gasteiger charge is -2.09. The fourth-order valence-electron chi connectivity index (χ4n) is 1.43. The molecule has 22 heavy (non-hydrogen) atoms. The molecule has 0 fully saturated rings. The van der Waals surface area contributed by atoms with E-state index >= 15 is 0 Å². The Labute approximate surface area is 143 Å². The second-order valence-electron chi connectivity index (χ2n) is 4.09. The standard InChI is InChI=1S/C14H15Cl3O5/c1-2-20-5-6-21-12(18)3-4-13(19)22-14-10(16)7-9(15)8-11(14)17/h7-8H,2-6H2,1H3. The number of hydrogen-bond acceptors (Lipinski definition) is 5. The number of benzene rings is 1. The highest BCUT2D eigenvalue weighted by molar-refractivity contribution is 6.40. The van der Waals surface area contributed by atoms with E-state index in [9.17, 15) is 9.59 Å². The summed E-state index contributed by atoms with van der Waals surface area (Å²) in [6, 6.07) is 2.80. The minimum Gasteiger partial charge on any atom is -0.463 e. The molecule has 0 saturated heterocycles. The summed E-state index contributed by atoms with van der Waals surface area (Å²) in [5, 5.41) is 0.558.